The number of nitrogens with one attached hydrogen (secondary N) is 2. The number of carboxylic acids is 1. The Morgan fingerprint density at radius 2 is 1.69 bits per heavy atom. The van der Waals surface area contributed by atoms with Gasteiger partial charge in [-0.05, 0) is 41.5 Å². The summed E-state index contributed by atoms with van der Waals surface area (Å²) in [7, 11) is 4.30. The fourth-order valence-electron chi connectivity index (χ4n) is 3.61. The summed E-state index contributed by atoms with van der Waals surface area (Å²) < 4.78 is 17.4. The van der Waals surface area contributed by atoms with Gasteiger partial charge in [-0.3, -0.25) is 9.59 Å². The predicted octanol–water partition coefficient (Wildman–Crippen LogP) is 3.91. The average molecular weight is 516 g/mol. The van der Waals surface area contributed by atoms with Gasteiger partial charge in [0.1, 0.15) is 5.69 Å². The van der Waals surface area contributed by atoms with Gasteiger partial charge in [-0.25, -0.2) is 4.79 Å². The fourth-order valence-corrected chi connectivity index (χ4v) is 3.81. The van der Waals surface area contributed by atoms with Crippen LogP contribution in [-0.4, -0.2) is 43.0 Å². The first-order valence-electron chi connectivity index (χ1n) is 10.8. The van der Waals surface area contributed by atoms with Gasteiger partial charge in [0.25, 0.3) is 5.56 Å². The van der Waals surface area contributed by atoms with Crippen LogP contribution in [0.5, 0.6) is 17.2 Å². The van der Waals surface area contributed by atoms with Gasteiger partial charge in [0, 0.05) is 11.2 Å². The molecule has 0 saturated heterocycles. The number of carbonyl (C=O) groups excluding carboxylic acids is 1. The number of rotatable bonds is 10. The van der Waals surface area contributed by atoms with Gasteiger partial charge in [-0.15, -0.1) is 0 Å². The maximum absolute atomic E-state index is 12.9. The molecule has 0 saturated carbocycles. The quantitative estimate of drug-likeness (QED) is 0.373. The number of anilines is 1. The molecule has 10 nitrogen and oxygen atoms in total. The van der Waals surface area contributed by atoms with Crippen molar-refractivity contribution in [3.05, 3.63) is 81.2 Å². The Labute approximate surface area is 212 Å². The van der Waals surface area contributed by atoms with Crippen LogP contribution in [0.4, 0.5) is 10.5 Å². The van der Waals surface area contributed by atoms with Gasteiger partial charge in [-0.1, -0.05) is 29.8 Å². The molecule has 0 fully saturated rings. The average Bonchev–Trinajstić information content (AvgIpc) is 2.86. The molecule has 1 atom stereocenters. The summed E-state index contributed by atoms with van der Waals surface area (Å²) in [5.74, 6) is -0.216. The molecule has 190 valence electrons. The molecule has 0 bridgehead atoms. The highest BCUT2D eigenvalue weighted by Gasteiger charge is 2.23. The van der Waals surface area contributed by atoms with Crippen molar-refractivity contribution in [3.63, 3.8) is 0 Å². The first-order valence-corrected chi connectivity index (χ1v) is 11.2. The number of methoxy groups -OCH3 is 3. The lowest BCUT2D eigenvalue weighted by molar-refractivity contribution is -0.137. The van der Waals surface area contributed by atoms with Gasteiger partial charge in [0.2, 0.25) is 5.75 Å². The topological polar surface area (TPSA) is 128 Å². The third-order valence-corrected chi connectivity index (χ3v) is 5.71. The van der Waals surface area contributed by atoms with E-state index in [1.807, 2.05) is 6.07 Å². The Hall–Kier alpha value is -4.18. The lowest BCUT2D eigenvalue weighted by atomic mass is 10.0. The maximum atomic E-state index is 12.9. The van der Waals surface area contributed by atoms with E-state index in [1.54, 1.807) is 42.6 Å². The van der Waals surface area contributed by atoms with Crippen LogP contribution in [0.1, 0.15) is 23.6 Å². The molecular weight excluding hydrogens is 490 g/mol. The van der Waals surface area contributed by atoms with Crippen LogP contribution in [0, 0.1) is 0 Å². The second-order valence-electron chi connectivity index (χ2n) is 7.65. The Kier molecular flexibility index (Phi) is 8.80. The lowest BCUT2D eigenvalue weighted by Gasteiger charge is -2.21. The van der Waals surface area contributed by atoms with Crippen LogP contribution in [0.15, 0.2) is 59.5 Å². The second-order valence-corrected chi connectivity index (χ2v) is 8.06. The number of pyridine rings is 1. The zero-order valence-corrected chi connectivity index (χ0v) is 20.7. The highest BCUT2D eigenvalue weighted by Crippen LogP contribution is 2.40. The van der Waals surface area contributed by atoms with Crippen molar-refractivity contribution in [2.75, 3.05) is 26.6 Å². The zero-order chi connectivity index (χ0) is 26.2. The van der Waals surface area contributed by atoms with E-state index in [1.165, 1.54) is 32.0 Å². The Morgan fingerprint density at radius 3 is 2.28 bits per heavy atom. The molecule has 1 aromatic heterocycles. The molecule has 36 heavy (non-hydrogen) atoms. The molecule has 0 aliphatic heterocycles. The van der Waals surface area contributed by atoms with Crippen LogP contribution in [0.25, 0.3) is 0 Å². The standard InChI is InChI=1S/C25H26ClN3O7/c1-34-20-11-16(12-21(35-2)23(20)36-3)19(13-22(30)31)28-25(33)27-18-9-6-10-29(24(18)32)14-15-7-4-5-8-17(15)26/h4-12,19H,13-14H2,1-3H3,(H,30,31)(H2,27,28,33)/t19-/m0/s1. The van der Waals surface area contributed by atoms with Crippen molar-refractivity contribution >= 4 is 29.3 Å². The van der Waals surface area contributed by atoms with Gasteiger partial charge >= 0.3 is 12.0 Å². The molecule has 2 aromatic carbocycles. The van der Waals surface area contributed by atoms with Crippen LogP contribution >= 0.6 is 11.6 Å². The van der Waals surface area contributed by atoms with E-state index >= 15 is 0 Å². The molecule has 1 heterocycles. The predicted molar refractivity (Wildman–Crippen MR) is 135 cm³/mol. The molecule has 11 heteroatoms. The molecule has 0 aliphatic rings. The molecular formula is C25H26ClN3O7. The first kappa shape index (κ1) is 26.4. The van der Waals surface area contributed by atoms with Crippen molar-refractivity contribution in [2.24, 2.45) is 0 Å². The largest absolute Gasteiger partial charge is 0.493 e. The van der Waals surface area contributed by atoms with E-state index < -0.39 is 30.0 Å². The molecule has 2 amide bonds. The number of amides is 2. The molecule has 3 aromatic rings. The van der Waals surface area contributed by atoms with Crippen molar-refractivity contribution in [1.82, 2.24) is 9.88 Å². The van der Waals surface area contributed by atoms with E-state index in [2.05, 4.69) is 10.6 Å². The molecule has 0 spiro atoms. The Balaban J connectivity index is 1.84. The van der Waals surface area contributed by atoms with E-state index in [0.29, 0.717) is 27.8 Å². The highest BCUT2D eigenvalue weighted by atomic mass is 35.5. The number of aliphatic carboxylic acids is 1. The summed E-state index contributed by atoms with van der Waals surface area (Å²) in [6.45, 7) is 0.211. The Morgan fingerprint density at radius 1 is 1.03 bits per heavy atom. The van der Waals surface area contributed by atoms with E-state index in [9.17, 15) is 19.5 Å². The minimum atomic E-state index is -1.14. The minimum Gasteiger partial charge on any atom is -0.493 e. The monoisotopic (exact) mass is 515 g/mol. The number of ether oxygens (including phenoxy) is 3. The number of aromatic nitrogens is 1. The summed E-state index contributed by atoms with van der Waals surface area (Å²) in [5, 5.41) is 15.1. The molecule has 3 N–H and O–H groups in total. The summed E-state index contributed by atoms with van der Waals surface area (Å²) in [5.41, 5.74) is 0.717. The van der Waals surface area contributed by atoms with E-state index in [-0.39, 0.29) is 12.2 Å². The summed E-state index contributed by atoms with van der Waals surface area (Å²) >= 11 is 6.20. The maximum Gasteiger partial charge on any atom is 0.319 e. The number of hydrogen-bond donors (Lipinski definition) is 3. The summed E-state index contributed by atoms with van der Waals surface area (Å²) in [6.07, 6.45) is 1.15. The normalized spacial score (nSPS) is 11.3. The summed E-state index contributed by atoms with van der Waals surface area (Å²) in [4.78, 5) is 37.3. The molecule has 0 aliphatic carbocycles. The van der Waals surface area contributed by atoms with Crippen molar-refractivity contribution in [3.8, 4) is 17.2 Å². The number of hydrogen-bond acceptors (Lipinski definition) is 6. The van der Waals surface area contributed by atoms with Crippen LogP contribution in [-0.2, 0) is 11.3 Å². The number of urea groups is 1. The molecule has 0 radical (unpaired) electrons. The van der Waals surface area contributed by atoms with E-state index in [0.717, 1.165) is 5.56 Å². The number of nitrogens with zero attached hydrogens (tertiary/aromatic N) is 1. The van der Waals surface area contributed by atoms with Crippen molar-refractivity contribution in [2.45, 2.75) is 19.0 Å². The third kappa shape index (κ3) is 6.28. The van der Waals surface area contributed by atoms with Gasteiger partial charge < -0.3 is 34.5 Å². The third-order valence-electron chi connectivity index (χ3n) is 5.34. The van der Waals surface area contributed by atoms with Gasteiger partial charge in [0.05, 0.1) is 40.3 Å². The highest BCUT2D eigenvalue weighted by molar-refractivity contribution is 6.31. The number of halogens is 1. The summed E-state index contributed by atoms with van der Waals surface area (Å²) in [6, 6.07) is 11.6. The lowest BCUT2D eigenvalue weighted by Crippen LogP contribution is -2.36. The van der Waals surface area contributed by atoms with Crippen molar-refractivity contribution in [1.29, 1.82) is 0 Å². The fraction of sp³-hybridized carbons (Fsp3) is 0.240. The van der Waals surface area contributed by atoms with Crippen LogP contribution in [0.2, 0.25) is 5.02 Å². The van der Waals surface area contributed by atoms with Crippen LogP contribution < -0.4 is 30.4 Å². The first-order chi connectivity index (χ1) is 17.3. The van der Waals surface area contributed by atoms with Crippen LogP contribution in [0.3, 0.4) is 0 Å². The van der Waals surface area contributed by atoms with E-state index in [4.69, 9.17) is 25.8 Å². The molecule has 3 rings (SSSR count). The van der Waals surface area contributed by atoms with Gasteiger partial charge in [0.15, 0.2) is 11.5 Å². The number of carboxylic acid groups (broad SMARTS) is 1. The zero-order valence-electron chi connectivity index (χ0n) is 19.9. The van der Waals surface area contributed by atoms with Crippen molar-refractivity contribution < 1.29 is 28.9 Å². The van der Waals surface area contributed by atoms with Gasteiger partial charge in [-0.2, -0.15) is 0 Å². The Bertz CT molecular complexity index is 1280. The number of carbonyl (C=O) groups is 2. The smallest absolute Gasteiger partial charge is 0.319 e. The second kappa shape index (κ2) is 12.0. The SMILES string of the molecule is COc1cc([C@H](CC(=O)O)NC(=O)Nc2cccn(Cc3ccccc3Cl)c2=O)cc(OC)c1OC. The number of benzene rings is 2. The molecule has 0 unspecified atom stereocenters. The minimum absolute atomic E-state index is 0.0148.